The molecule has 0 amide bonds. The van der Waals surface area contributed by atoms with Gasteiger partial charge in [-0.3, -0.25) is 0 Å². The fourth-order valence-electron chi connectivity index (χ4n) is 4.54. The van der Waals surface area contributed by atoms with Gasteiger partial charge in [-0.1, -0.05) is 66.7 Å². The van der Waals surface area contributed by atoms with Crippen molar-refractivity contribution < 1.29 is 14.6 Å². The molecule has 0 unspecified atom stereocenters. The number of carboxylic acids is 1. The molecular formula is C28H31NO3S. The highest BCUT2D eigenvalue weighted by Gasteiger charge is 2.29. The van der Waals surface area contributed by atoms with Crippen LogP contribution in [-0.4, -0.2) is 36.5 Å². The minimum Gasteiger partial charge on any atom is -0.482 e. The Bertz CT molecular complexity index is 1020. The van der Waals surface area contributed by atoms with E-state index < -0.39 is 5.97 Å². The van der Waals surface area contributed by atoms with Crippen molar-refractivity contribution in [1.29, 1.82) is 0 Å². The lowest BCUT2D eigenvalue weighted by atomic mass is 9.92. The summed E-state index contributed by atoms with van der Waals surface area (Å²) in [4.78, 5) is 13.4. The predicted octanol–water partition coefficient (Wildman–Crippen LogP) is 5.99. The molecule has 0 spiro atoms. The van der Waals surface area contributed by atoms with E-state index in [1.54, 1.807) is 0 Å². The predicted molar refractivity (Wildman–Crippen MR) is 137 cm³/mol. The third-order valence-corrected chi connectivity index (χ3v) is 7.74. The first-order valence-corrected chi connectivity index (χ1v) is 12.5. The van der Waals surface area contributed by atoms with Crippen LogP contribution in [0.15, 0.2) is 78.9 Å². The molecule has 3 aromatic rings. The Hall–Kier alpha value is -2.92. The second-order valence-corrected chi connectivity index (χ2v) is 10.0. The van der Waals surface area contributed by atoms with Gasteiger partial charge in [0.1, 0.15) is 5.75 Å². The maximum atomic E-state index is 11.0. The molecule has 0 aliphatic carbocycles. The molecule has 4 rings (SSSR count). The number of thioether (sulfide) groups is 1. The molecule has 0 aromatic heterocycles. The lowest BCUT2D eigenvalue weighted by Crippen LogP contribution is -2.29. The number of rotatable bonds is 9. The smallest absolute Gasteiger partial charge is 0.341 e. The summed E-state index contributed by atoms with van der Waals surface area (Å²) in [5.74, 6) is 0.725. The summed E-state index contributed by atoms with van der Waals surface area (Å²) in [6, 6.07) is 27.5. The van der Waals surface area contributed by atoms with Gasteiger partial charge in [-0.2, -0.15) is 0 Å². The van der Waals surface area contributed by atoms with Crippen LogP contribution in [0, 0.1) is 0 Å². The van der Waals surface area contributed by atoms with Crippen LogP contribution >= 0.6 is 11.8 Å². The second kappa shape index (κ2) is 10.8. The minimum atomic E-state index is -0.949. The Morgan fingerprint density at radius 3 is 2.27 bits per heavy atom. The number of carboxylic acid groups (broad SMARTS) is 1. The highest BCUT2D eigenvalue weighted by atomic mass is 32.2. The maximum Gasteiger partial charge on any atom is 0.341 e. The average Bonchev–Trinajstić information content (AvgIpc) is 3.06. The molecule has 0 saturated carbocycles. The normalized spacial score (nSPS) is 13.8. The van der Waals surface area contributed by atoms with Crippen molar-refractivity contribution in [3.63, 3.8) is 0 Å². The van der Waals surface area contributed by atoms with Gasteiger partial charge in [-0.25, -0.2) is 4.79 Å². The molecular weight excluding hydrogens is 430 g/mol. The van der Waals surface area contributed by atoms with E-state index in [0.29, 0.717) is 5.75 Å². The Kier molecular flexibility index (Phi) is 7.61. The Labute approximate surface area is 200 Å². The van der Waals surface area contributed by atoms with Gasteiger partial charge >= 0.3 is 5.97 Å². The largest absolute Gasteiger partial charge is 0.482 e. The van der Waals surface area contributed by atoms with Crippen molar-refractivity contribution in [1.82, 2.24) is 0 Å². The zero-order chi connectivity index (χ0) is 23.1. The fraction of sp³-hybridized carbons (Fsp3) is 0.321. The first kappa shape index (κ1) is 23.2. The number of carbonyl (C=O) groups is 1. The van der Waals surface area contributed by atoms with Crippen molar-refractivity contribution in [2.75, 3.05) is 30.3 Å². The van der Waals surface area contributed by atoms with Crippen molar-refractivity contribution in [2.24, 2.45) is 0 Å². The number of nitrogens with zero attached hydrogens (tertiary/aromatic N) is 1. The lowest BCUT2D eigenvalue weighted by Gasteiger charge is -2.32. The van der Waals surface area contributed by atoms with E-state index in [-0.39, 0.29) is 11.4 Å². The minimum absolute atomic E-state index is 0.135. The number of anilines is 1. The Morgan fingerprint density at radius 1 is 0.970 bits per heavy atom. The van der Waals surface area contributed by atoms with Crippen LogP contribution in [0.3, 0.4) is 0 Å². The van der Waals surface area contributed by atoms with Crippen molar-refractivity contribution >= 4 is 23.4 Å². The van der Waals surface area contributed by atoms with Gasteiger partial charge in [0.15, 0.2) is 6.61 Å². The number of fused-ring (bicyclic) bond motifs is 1. The number of ether oxygens (including phenoxy) is 1. The molecule has 0 saturated heterocycles. The first-order valence-electron chi connectivity index (χ1n) is 11.5. The number of hydrogen-bond acceptors (Lipinski definition) is 4. The highest BCUT2D eigenvalue weighted by molar-refractivity contribution is 8.00. The molecule has 1 aliphatic rings. The summed E-state index contributed by atoms with van der Waals surface area (Å²) in [7, 11) is 0. The van der Waals surface area contributed by atoms with Crippen LogP contribution in [0.4, 0.5) is 5.69 Å². The molecule has 1 aliphatic heterocycles. The van der Waals surface area contributed by atoms with Gasteiger partial charge in [0.05, 0.1) is 4.75 Å². The van der Waals surface area contributed by atoms with E-state index in [1.165, 1.54) is 16.8 Å². The summed E-state index contributed by atoms with van der Waals surface area (Å²) >= 11 is 1.97. The molecule has 4 nitrogen and oxygen atoms in total. The van der Waals surface area contributed by atoms with E-state index in [2.05, 4.69) is 78.6 Å². The number of benzene rings is 3. The molecule has 3 aromatic carbocycles. The van der Waals surface area contributed by atoms with Gasteiger partial charge in [0.25, 0.3) is 0 Å². The Morgan fingerprint density at radius 2 is 1.64 bits per heavy atom. The molecule has 1 N–H and O–H groups in total. The van der Waals surface area contributed by atoms with Crippen LogP contribution in [0.5, 0.6) is 5.75 Å². The summed E-state index contributed by atoms with van der Waals surface area (Å²) in [6.07, 6.45) is 3.11. The van der Waals surface area contributed by atoms with Crippen molar-refractivity contribution in [3.8, 4) is 5.75 Å². The zero-order valence-electron chi connectivity index (χ0n) is 19.1. The highest BCUT2D eigenvalue weighted by Crippen LogP contribution is 2.43. The number of hydrogen-bond donors (Lipinski definition) is 1. The molecule has 0 bridgehead atoms. The molecule has 0 atom stereocenters. The van der Waals surface area contributed by atoms with Crippen LogP contribution in [0.2, 0.25) is 0 Å². The van der Waals surface area contributed by atoms with Crippen LogP contribution in [0.1, 0.15) is 36.5 Å². The summed E-state index contributed by atoms with van der Waals surface area (Å²) < 4.78 is 5.48. The quantitative estimate of drug-likeness (QED) is 0.424. The van der Waals surface area contributed by atoms with Gasteiger partial charge in [-0.15, -0.1) is 11.8 Å². The van der Waals surface area contributed by atoms with Crippen LogP contribution in [-0.2, 0) is 16.0 Å². The zero-order valence-corrected chi connectivity index (χ0v) is 19.9. The van der Waals surface area contributed by atoms with E-state index in [9.17, 15) is 4.79 Å². The fourth-order valence-corrected chi connectivity index (χ4v) is 5.86. The molecule has 0 fully saturated rings. The maximum absolute atomic E-state index is 11.0. The summed E-state index contributed by atoms with van der Waals surface area (Å²) in [5, 5.41) is 9.03. The second-order valence-electron chi connectivity index (χ2n) is 8.49. The van der Waals surface area contributed by atoms with Crippen LogP contribution < -0.4 is 9.64 Å². The first-order chi connectivity index (χ1) is 16.1. The van der Waals surface area contributed by atoms with Gasteiger partial charge in [-0.05, 0) is 49.4 Å². The van der Waals surface area contributed by atoms with Gasteiger partial charge in [0.2, 0.25) is 0 Å². The summed E-state index contributed by atoms with van der Waals surface area (Å²) in [6.45, 7) is 3.94. The molecule has 33 heavy (non-hydrogen) atoms. The molecule has 1 heterocycles. The van der Waals surface area contributed by atoms with E-state index in [1.807, 2.05) is 23.9 Å². The van der Waals surface area contributed by atoms with E-state index >= 15 is 0 Å². The lowest BCUT2D eigenvalue weighted by molar-refractivity contribution is -0.139. The molecule has 5 heteroatoms. The van der Waals surface area contributed by atoms with Crippen molar-refractivity contribution in [2.45, 2.75) is 30.9 Å². The molecule has 172 valence electrons. The third kappa shape index (κ3) is 5.53. The van der Waals surface area contributed by atoms with Crippen LogP contribution in [0.25, 0.3) is 0 Å². The standard InChI is InChI=1S/C28H31NO3S/c1-28(22-11-4-2-5-12-22,23-13-6-3-7-14-23)33-20-19-29-18-9-8-15-24-25(29)16-10-17-26(24)32-21-27(30)31/h2-7,10-14,16-17H,8-9,15,18-21H2,1H3,(H,30,31). The monoisotopic (exact) mass is 461 g/mol. The van der Waals surface area contributed by atoms with Gasteiger partial charge in [0, 0.05) is 30.1 Å². The average molecular weight is 462 g/mol. The SMILES string of the molecule is CC(SCCN1CCCCc2c(OCC(=O)O)cccc21)(c1ccccc1)c1ccccc1. The third-order valence-electron chi connectivity index (χ3n) is 6.31. The Balaban J connectivity index is 1.53. The van der Waals surface area contributed by atoms with Crippen molar-refractivity contribution in [3.05, 3.63) is 95.6 Å². The topological polar surface area (TPSA) is 49.8 Å². The molecule has 0 radical (unpaired) electrons. The van der Waals surface area contributed by atoms with Gasteiger partial charge < -0.3 is 14.7 Å². The van der Waals surface area contributed by atoms with E-state index in [4.69, 9.17) is 9.84 Å². The van der Waals surface area contributed by atoms with E-state index in [0.717, 1.165) is 43.7 Å². The summed E-state index contributed by atoms with van der Waals surface area (Å²) in [5.41, 5.74) is 4.93. The number of aliphatic carboxylic acids is 1.